The molecule has 0 saturated carbocycles. The molecule has 0 bridgehead atoms. The van der Waals surface area contributed by atoms with Crippen molar-refractivity contribution in [3.8, 4) is 5.75 Å². The van der Waals surface area contributed by atoms with Crippen LogP contribution in [-0.2, 0) is 14.3 Å². The topological polar surface area (TPSA) is 64.6 Å². The number of benzene rings is 1. The van der Waals surface area contributed by atoms with Crippen LogP contribution >= 0.6 is 33.2 Å². The lowest BCUT2D eigenvalue weighted by atomic mass is 10.1. The number of amides is 1. The molecular formula is C17H22ClNO4S2. The van der Waals surface area contributed by atoms with E-state index in [1.807, 2.05) is 21.6 Å². The molecule has 138 valence electrons. The molecule has 0 aromatic heterocycles. The zero-order valence-corrected chi connectivity index (χ0v) is 16.5. The van der Waals surface area contributed by atoms with Gasteiger partial charge in [-0.15, -0.1) is 0 Å². The Morgan fingerprint density at radius 1 is 1.36 bits per heavy atom. The van der Waals surface area contributed by atoms with E-state index in [-0.39, 0.29) is 12.6 Å². The Balaban J connectivity index is 1.63. The normalized spacial score (nSPS) is 16.5. The molecule has 1 heterocycles. The number of unbranched alkanes of at least 4 members (excludes halogenated alkanes) is 1. The van der Waals surface area contributed by atoms with Crippen LogP contribution in [0.3, 0.4) is 0 Å². The molecule has 1 atom stereocenters. The number of methoxy groups -OCH3 is 1. The molecule has 0 radical (unpaired) electrons. The van der Waals surface area contributed by atoms with Crippen LogP contribution in [0.2, 0.25) is 5.02 Å². The van der Waals surface area contributed by atoms with E-state index in [0.717, 1.165) is 24.5 Å². The molecule has 5 nitrogen and oxygen atoms in total. The van der Waals surface area contributed by atoms with Gasteiger partial charge in [0.25, 0.3) is 5.91 Å². The molecule has 1 N–H and O–H groups in total. The van der Waals surface area contributed by atoms with E-state index in [2.05, 4.69) is 5.32 Å². The van der Waals surface area contributed by atoms with E-state index < -0.39 is 5.91 Å². The summed E-state index contributed by atoms with van der Waals surface area (Å²) >= 11 is 5.91. The van der Waals surface area contributed by atoms with E-state index in [1.165, 1.54) is 19.3 Å². The minimum atomic E-state index is -0.423. The van der Waals surface area contributed by atoms with Gasteiger partial charge >= 0.3 is 5.97 Å². The first-order valence-electron chi connectivity index (χ1n) is 8.16. The average Bonchev–Trinajstić information content (AvgIpc) is 3.10. The van der Waals surface area contributed by atoms with Crippen LogP contribution in [-0.4, -0.2) is 36.6 Å². The van der Waals surface area contributed by atoms with Gasteiger partial charge in [0, 0.05) is 22.4 Å². The highest BCUT2D eigenvalue weighted by Gasteiger charge is 2.16. The van der Waals surface area contributed by atoms with Crippen molar-refractivity contribution in [1.82, 2.24) is 0 Å². The minimum absolute atomic E-state index is 0.316. The third-order valence-corrected chi connectivity index (χ3v) is 6.93. The molecule has 0 aliphatic carbocycles. The van der Waals surface area contributed by atoms with Crippen LogP contribution in [0.4, 0.5) is 5.69 Å². The van der Waals surface area contributed by atoms with Crippen molar-refractivity contribution in [3.63, 3.8) is 0 Å². The maximum atomic E-state index is 11.9. The van der Waals surface area contributed by atoms with Crippen LogP contribution in [0.25, 0.3) is 0 Å². The molecule has 8 heteroatoms. The van der Waals surface area contributed by atoms with Gasteiger partial charge in [0.2, 0.25) is 0 Å². The molecule has 0 spiro atoms. The summed E-state index contributed by atoms with van der Waals surface area (Å²) in [5, 5.41) is 3.83. The lowest BCUT2D eigenvalue weighted by Gasteiger charge is -2.11. The Bertz CT molecular complexity index is 594. The van der Waals surface area contributed by atoms with Gasteiger partial charge in [-0.25, -0.2) is 0 Å². The summed E-state index contributed by atoms with van der Waals surface area (Å²) in [6.45, 7) is -0.316. The van der Waals surface area contributed by atoms with Crippen molar-refractivity contribution in [1.29, 1.82) is 0 Å². The molecule has 1 amide bonds. The zero-order chi connectivity index (χ0) is 18.1. The van der Waals surface area contributed by atoms with Crippen LogP contribution < -0.4 is 10.1 Å². The van der Waals surface area contributed by atoms with E-state index in [4.69, 9.17) is 21.1 Å². The summed E-state index contributed by atoms with van der Waals surface area (Å²) < 4.78 is 10.2. The van der Waals surface area contributed by atoms with Crippen molar-refractivity contribution in [3.05, 3.63) is 23.2 Å². The molecule has 1 aromatic rings. The van der Waals surface area contributed by atoms with E-state index >= 15 is 0 Å². The van der Waals surface area contributed by atoms with E-state index in [9.17, 15) is 9.59 Å². The van der Waals surface area contributed by atoms with Crippen LogP contribution in [0.5, 0.6) is 5.75 Å². The molecule has 2 rings (SSSR count). The number of rotatable bonds is 9. The van der Waals surface area contributed by atoms with Crippen LogP contribution in [0, 0.1) is 0 Å². The van der Waals surface area contributed by atoms with Gasteiger partial charge in [-0.1, -0.05) is 39.6 Å². The van der Waals surface area contributed by atoms with Gasteiger partial charge in [0.1, 0.15) is 5.75 Å². The number of hydrogen-bond donors (Lipinski definition) is 1. The molecule has 1 fully saturated rings. The quantitative estimate of drug-likeness (QED) is 0.371. The second kappa shape index (κ2) is 10.8. The lowest BCUT2D eigenvalue weighted by Crippen LogP contribution is -2.21. The Hall–Kier alpha value is -1.05. The van der Waals surface area contributed by atoms with Gasteiger partial charge in [-0.05, 0) is 37.5 Å². The smallest absolute Gasteiger partial charge is 0.306 e. The summed E-state index contributed by atoms with van der Waals surface area (Å²) in [5.74, 6) is 0.950. The molecule has 1 aliphatic rings. The largest absolute Gasteiger partial charge is 0.495 e. The monoisotopic (exact) mass is 403 g/mol. The number of carbonyl (C=O) groups excluding carboxylic acids is 2. The number of hydrogen-bond acceptors (Lipinski definition) is 6. The predicted octanol–water partition coefficient (Wildman–Crippen LogP) is 4.54. The number of halogens is 1. The highest BCUT2D eigenvalue weighted by molar-refractivity contribution is 8.77. The van der Waals surface area contributed by atoms with Crippen molar-refractivity contribution >= 4 is 50.8 Å². The molecule has 1 aliphatic heterocycles. The van der Waals surface area contributed by atoms with Crippen LogP contribution in [0.1, 0.15) is 32.1 Å². The highest BCUT2D eigenvalue weighted by Crippen LogP contribution is 2.39. The van der Waals surface area contributed by atoms with Gasteiger partial charge in [0.05, 0.1) is 12.8 Å². The van der Waals surface area contributed by atoms with E-state index in [1.54, 1.807) is 18.2 Å². The third kappa shape index (κ3) is 7.38. The standard InChI is InChI=1S/C17H22ClNO4S2/c1-22-15-7-6-12(18)10-14(15)19-16(20)11-23-17(21)5-3-2-4-13-8-9-24-25-13/h6-7,10,13H,2-5,8-9,11H2,1H3,(H,19,20)/t13-/m1/s1. The number of esters is 1. The fraction of sp³-hybridized carbons (Fsp3) is 0.529. The number of carbonyl (C=O) groups is 2. The van der Waals surface area contributed by atoms with Gasteiger partial charge < -0.3 is 14.8 Å². The first kappa shape index (κ1) is 20.3. The number of anilines is 1. The van der Waals surface area contributed by atoms with E-state index in [0.29, 0.717) is 22.9 Å². The maximum absolute atomic E-state index is 11.9. The van der Waals surface area contributed by atoms with Crippen LogP contribution in [0.15, 0.2) is 18.2 Å². The maximum Gasteiger partial charge on any atom is 0.306 e. The fourth-order valence-corrected chi connectivity index (χ4v) is 5.59. The number of nitrogens with one attached hydrogen (secondary N) is 1. The first-order valence-corrected chi connectivity index (χ1v) is 10.9. The minimum Gasteiger partial charge on any atom is -0.495 e. The van der Waals surface area contributed by atoms with Crippen molar-refractivity contribution in [2.75, 3.05) is 24.8 Å². The third-order valence-electron chi connectivity index (χ3n) is 3.68. The molecule has 1 saturated heterocycles. The summed E-state index contributed by atoms with van der Waals surface area (Å²) in [4.78, 5) is 23.6. The Morgan fingerprint density at radius 3 is 2.92 bits per heavy atom. The Morgan fingerprint density at radius 2 is 2.20 bits per heavy atom. The predicted molar refractivity (Wildman–Crippen MR) is 105 cm³/mol. The second-order valence-corrected chi connectivity index (χ2v) is 8.85. The SMILES string of the molecule is COc1ccc(Cl)cc1NC(=O)COC(=O)CCCC[C@@H]1CCSS1. The fourth-order valence-electron chi connectivity index (χ4n) is 2.39. The molecule has 0 unspecified atom stereocenters. The summed E-state index contributed by atoms with van der Waals surface area (Å²) in [5.41, 5.74) is 0.447. The zero-order valence-electron chi connectivity index (χ0n) is 14.1. The second-order valence-electron chi connectivity index (χ2n) is 5.63. The van der Waals surface area contributed by atoms with Crippen molar-refractivity contribution in [2.45, 2.75) is 37.4 Å². The molecule has 1 aromatic carbocycles. The first-order chi connectivity index (χ1) is 12.1. The van der Waals surface area contributed by atoms with Gasteiger partial charge in [0.15, 0.2) is 6.61 Å². The molecule has 25 heavy (non-hydrogen) atoms. The van der Waals surface area contributed by atoms with Crippen molar-refractivity contribution < 1.29 is 19.1 Å². The van der Waals surface area contributed by atoms with Gasteiger partial charge in [-0.2, -0.15) is 0 Å². The lowest BCUT2D eigenvalue weighted by molar-refractivity contribution is -0.147. The number of ether oxygens (including phenoxy) is 2. The highest BCUT2D eigenvalue weighted by atomic mass is 35.5. The summed E-state index contributed by atoms with van der Waals surface area (Å²) in [7, 11) is 5.38. The van der Waals surface area contributed by atoms with Gasteiger partial charge in [-0.3, -0.25) is 9.59 Å². The average molecular weight is 404 g/mol. The summed E-state index contributed by atoms with van der Waals surface area (Å²) in [6, 6.07) is 4.91. The van der Waals surface area contributed by atoms with Crippen molar-refractivity contribution in [2.24, 2.45) is 0 Å². The Labute approximate surface area is 160 Å². The summed E-state index contributed by atoms with van der Waals surface area (Å²) in [6.07, 6.45) is 4.55. The molecular weight excluding hydrogens is 382 g/mol. The Kier molecular flexibility index (Phi) is 8.78.